The summed E-state index contributed by atoms with van der Waals surface area (Å²) in [6, 6.07) is 9.18. The Balaban J connectivity index is 1.47. The number of rotatable bonds is 4. The van der Waals surface area contributed by atoms with E-state index >= 15 is 0 Å². The van der Waals surface area contributed by atoms with Crippen molar-refractivity contribution in [1.29, 1.82) is 0 Å². The minimum atomic E-state index is -0.0908. The molecule has 0 atom stereocenters. The van der Waals surface area contributed by atoms with Crippen LogP contribution in [0.25, 0.3) is 10.6 Å². The zero-order valence-corrected chi connectivity index (χ0v) is 14.3. The lowest BCUT2D eigenvalue weighted by atomic mass is 10.2. The van der Waals surface area contributed by atoms with Crippen molar-refractivity contribution in [3.63, 3.8) is 0 Å². The molecule has 0 radical (unpaired) electrons. The molecule has 0 saturated heterocycles. The van der Waals surface area contributed by atoms with Crippen molar-refractivity contribution in [2.24, 2.45) is 0 Å². The zero-order valence-electron chi connectivity index (χ0n) is 13.5. The van der Waals surface area contributed by atoms with Gasteiger partial charge in [-0.05, 0) is 31.2 Å². The van der Waals surface area contributed by atoms with Gasteiger partial charge in [0.05, 0.1) is 12.1 Å². The number of nitrogens with one attached hydrogen (secondary N) is 1. The molecule has 3 heterocycles. The molecule has 6 nitrogen and oxygen atoms in total. The monoisotopic (exact) mass is 353 g/mol. The van der Waals surface area contributed by atoms with E-state index in [2.05, 4.69) is 15.3 Å². The first-order chi connectivity index (χ1) is 12.2. The van der Waals surface area contributed by atoms with E-state index in [1.807, 2.05) is 19.1 Å². The summed E-state index contributed by atoms with van der Waals surface area (Å²) in [5.41, 5.74) is 2.56. The predicted molar refractivity (Wildman–Crippen MR) is 95.0 cm³/mol. The molecule has 1 amide bonds. The van der Waals surface area contributed by atoms with Crippen LogP contribution in [0.2, 0.25) is 0 Å². The number of carbonyl (C=O) groups excluding carboxylic acids is 1. The van der Waals surface area contributed by atoms with Crippen LogP contribution in [0.1, 0.15) is 10.6 Å². The molecule has 3 aromatic rings. The Hall–Kier alpha value is -2.93. The second-order valence-electron chi connectivity index (χ2n) is 5.56. The third-order valence-electron chi connectivity index (χ3n) is 3.80. The topological polar surface area (TPSA) is 73.3 Å². The van der Waals surface area contributed by atoms with Crippen LogP contribution in [0, 0.1) is 6.92 Å². The van der Waals surface area contributed by atoms with Crippen LogP contribution >= 0.6 is 11.3 Å². The number of benzene rings is 1. The number of ether oxygens (including phenoxy) is 2. The van der Waals surface area contributed by atoms with Gasteiger partial charge < -0.3 is 14.8 Å². The number of fused-ring (bicyclic) bond motifs is 1. The highest BCUT2D eigenvalue weighted by Gasteiger charge is 2.16. The van der Waals surface area contributed by atoms with Gasteiger partial charge in [0.1, 0.15) is 5.01 Å². The average molecular weight is 353 g/mol. The number of nitrogens with zero attached hydrogens (tertiary/aromatic N) is 2. The smallest absolute Gasteiger partial charge is 0.231 e. The molecule has 126 valence electrons. The van der Waals surface area contributed by atoms with Gasteiger partial charge in [0.25, 0.3) is 0 Å². The van der Waals surface area contributed by atoms with E-state index < -0.39 is 0 Å². The normalized spacial score (nSPS) is 12.2. The summed E-state index contributed by atoms with van der Waals surface area (Å²) in [6.07, 6.45) is 3.75. The highest BCUT2D eigenvalue weighted by molar-refractivity contribution is 7.15. The zero-order chi connectivity index (χ0) is 17.2. The summed E-state index contributed by atoms with van der Waals surface area (Å²) in [7, 11) is 0. The number of anilines is 1. The van der Waals surface area contributed by atoms with Crippen LogP contribution in [-0.2, 0) is 11.2 Å². The lowest BCUT2D eigenvalue weighted by molar-refractivity contribution is -0.115. The molecular formula is C18H15N3O3S. The van der Waals surface area contributed by atoms with Gasteiger partial charge in [0, 0.05) is 34.6 Å². The standard InChI is InChI=1S/C18H15N3O3S/c1-11-16(25-18(20-11)12-4-6-19-7-5-12)9-17(22)21-13-2-3-14-15(8-13)24-10-23-14/h2-8H,9-10H2,1H3,(H,21,22). The molecule has 25 heavy (non-hydrogen) atoms. The Labute approximate surface area is 148 Å². The summed E-state index contributed by atoms with van der Waals surface area (Å²) in [6.45, 7) is 2.13. The lowest BCUT2D eigenvalue weighted by Crippen LogP contribution is -2.14. The van der Waals surface area contributed by atoms with E-state index in [4.69, 9.17) is 9.47 Å². The summed E-state index contributed by atoms with van der Waals surface area (Å²) < 4.78 is 10.6. The van der Waals surface area contributed by atoms with E-state index in [-0.39, 0.29) is 19.1 Å². The SMILES string of the molecule is Cc1nc(-c2ccncc2)sc1CC(=O)Nc1ccc2c(c1)OCO2. The Morgan fingerprint density at radius 1 is 1.20 bits per heavy atom. The number of amides is 1. The number of carbonyl (C=O) groups is 1. The van der Waals surface area contributed by atoms with Gasteiger partial charge in [-0.3, -0.25) is 9.78 Å². The molecule has 0 unspecified atom stereocenters. The molecule has 1 aliphatic heterocycles. The van der Waals surface area contributed by atoms with Gasteiger partial charge in [0.15, 0.2) is 11.5 Å². The highest BCUT2D eigenvalue weighted by atomic mass is 32.1. The van der Waals surface area contributed by atoms with Crippen LogP contribution in [-0.4, -0.2) is 22.7 Å². The fourth-order valence-electron chi connectivity index (χ4n) is 2.54. The van der Waals surface area contributed by atoms with Gasteiger partial charge >= 0.3 is 0 Å². The van der Waals surface area contributed by atoms with E-state index in [0.717, 1.165) is 21.1 Å². The Bertz CT molecular complexity index is 925. The number of aromatic nitrogens is 2. The van der Waals surface area contributed by atoms with Crippen LogP contribution in [0.4, 0.5) is 5.69 Å². The van der Waals surface area contributed by atoms with E-state index in [0.29, 0.717) is 17.2 Å². The number of hydrogen-bond donors (Lipinski definition) is 1. The first-order valence-corrected chi connectivity index (χ1v) is 8.57. The number of aryl methyl sites for hydroxylation is 1. The van der Waals surface area contributed by atoms with Crippen molar-refractivity contribution >= 4 is 22.9 Å². The quantitative estimate of drug-likeness (QED) is 0.778. The molecule has 2 aromatic heterocycles. The van der Waals surface area contributed by atoms with Crippen LogP contribution in [0.5, 0.6) is 11.5 Å². The van der Waals surface area contributed by atoms with Crippen molar-refractivity contribution in [2.75, 3.05) is 12.1 Å². The van der Waals surface area contributed by atoms with Crippen molar-refractivity contribution in [2.45, 2.75) is 13.3 Å². The van der Waals surface area contributed by atoms with Gasteiger partial charge in [0.2, 0.25) is 12.7 Å². The maximum Gasteiger partial charge on any atom is 0.231 e. The van der Waals surface area contributed by atoms with Crippen LogP contribution in [0.15, 0.2) is 42.7 Å². The number of pyridine rings is 1. The molecule has 4 rings (SSSR count). The Morgan fingerprint density at radius 2 is 2.00 bits per heavy atom. The summed E-state index contributed by atoms with van der Waals surface area (Å²) in [5.74, 6) is 1.25. The highest BCUT2D eigenvalue weighted by Crippen LogP contribution is 2.34. The molecular weight excluding hydrogens is 338 g/mol. The molecule has 1 aromatic carbocycles. The molecule has 7 heteroatoms. The van der Waals surface area contributed by atoms with Gasteiger partial charge in [-0.2, -0.15) is 0 Å². The van der Waals surface area contributed by atoms with Crippen molar-refractivity contribution < 1.29 is 14.3 Å². The minimum absolute atomic E-state index is 0.0908. The van der Waals surface area contributed by atoms with Crippen molar-refractivity contribution in [1.82, 2.24) is 9.97 Å². The molecule has 0 saturated carbocycles. The molecule has 0 fully saturated rings. The summed E-state index contributed by atoms with van der Waals surface area (Å²) in [5, 5.41) is 3.79. The number of hydrogen-bond acceptors (Lipinski definition) is 6. The van der Waals surface area contributed by atoms with Gasteiger partial charge in [-0.15, -0.1) is 11.3 Å². The second kappa shape index (κ2) is 6.52. The average Bonchev–Trinajstić information content (AvgIpc) is 3.22. The maximum atomic E-state index is 12.4. The molecule has 1 aliphatic rings. The van der Waals surface area contributed by atoms with Gasteiger partial charge in [-0.1, -0.05) is 0 Å². The molecule has 0 bridgehead atoms. The first kappa shape index (κ1) is 15.6. The van der Waals surface area contributed by atoms with Crippen LogP contribution in [0.3, 0.4) is 0 Å². The molecule has 0 aliphatic carbocycles. The van der Waals surface area contributed by atoms with Crippen molar-refractivity contribution in [3.8, 4) is 22.1 Å². The predicted octanol–water partition coefficient (Wildman–Crippen LogP) is 3.42. The second-order valence-corrected chi connectivity index (χ2v) is 6.64. The van der Waals surface area contributed by atoms with E-state index in [9.17, 15) is 4.79 Å². The third kappa shape index (κ3) is 3.32. The Morgan fingerprint density at radius 3 is 2.84 bits per heavy atom. The maximum absolute atomic E-state index is 12.4. The van der Waals surface area contributed by atoms with Gasteiger partial charge in [-0.25, -0.2) is 4.98 Å². The fourth-order valence-corrected chi connectivity index (χ4v) is 3.60. The van der Waals surface area contributed by atoms with E-state index in [1.165, 1.54) is 11.3 Å². The summed E-state index contributed by atoms with van der Waals surface area (Å²) in [4.78, 5) is 21.9. The summed E-state index contributed by atoms with van der Waals surface area (Å²) >= 11 is 1.53. The minimum Gasteiger partial charge on any atom is -0.454 e. The van der Waals surface area contributed by atoms with Crippen molar-refractivity contribution in [3.05, 3.63) is 53.3 Å². The first-order valence-electron chi connectivity index (χ1n) is 7.75. The largest absolute Gasteiger partial charge is 0.454 e. The number of thiazole rings is 1. The van der Waals surface area contributed by atoms with E-state index in [1.54, 1.807) is 30.6 Å². The lowest BCUT2D eigenvalue weighted by Gasteiger charge is -2.05. The molecule has 1 N–H and O–H groups in total. The fraction of sp³-hybridized carbons (Fsp3) is 0.167. The third-order valence-corrected chi connectivity index (χ3v) is 5.00. The molecule has 0 spiro atoms. The van der Waals surface area contributed by atoms with Crippen LogP contribution < -0.4 is 14.8 Å². The Kier molecular flexibility index (Phi) is 4.07.